The van der Waals surface area contributed by atoms with E-state index in [4.69, 9.17) is 0 Å². The number of nitrogens with one attached hydrogen (secondary N) is 1. The minimum atomic E-state index is -3.22. The number of aromatic nitrogens is 1. The lowest BCUT2D eigenvalue weighted by Gasteiger charge is -2.12. The number of nitrogens with zero attached hydrogens (tertiary/aromatic N) is 2. The standard InChI is InChI=1S/C10H17N3O2S/c1-4-7-16(14,15)12-9-5-6-10(11-8-9)13(2)3/h5-6,8,12H,4,7H2,1-3H3. The van der Waals surface area contributed by atoms with Crippen molar-refractivity contribution in [2.45, 2.75) is 13.3 Å². The molecule has 1 rings (SSSR count). The normalized spacial score (nSPS) is 11.2. The third kappa shape index (κ3) is 3.69. The van der Waals surface area contributed by atoms with Gasteiger partial charge in [0.15, 0.2) is 0 Å². The maximum atomic E-state index is 11.5. The van der Waals surface area contributed by atoms with Gasteiger partial charge in [-0.05, 0) is 18.6 Å². The summed E-state index contributed by atoms with van der Waals surface area (Å²) in [5.41, 5.74) is 0.499. The van der Waals surface area contributed by atoms with E-state index in [-0.39, 0.29) is 5.75 Å². The van der Waals surface area contributed by atoms with E-state index < -0.39 is 10.0 Å². The predicted molar refractivity (Wildman–Crippen MR) is 66.3 cm³/mol. The first-order valence-electron chi connectivity index (χ1n) is 5.08. The van der Waals surface area contributed by atoms with E-state index in [1.807, 2.05) is 25.9 Å². The molecular weight excluding hydrogens is 226 g/mol. The Labute approximate surface area is 96.5 Å². The molecule has 0 spiro atoms. The van der Waals surface area contributed by atoms with Crippen LogP contribution in [0.25, 0.3) is 0 Å². The number of hydrogen-bond donors (Lipinski definition) is 1. The highest BCUT2D eigenvalue weighted by molar-refractivity contribution is 7.92. The maximum absolute atomic E-state index is 11.5. The quantitative estimate of drug-likeness (QED) is 0.846. The van der Waals surface area contributed by atoms with Gasteiger partial charge in [0.2, 0.25) is 10.0 Å². The molecule has 0 atom stereocenters. The molecule has 1 N–H and O–H groups in total. The number of hydrogen-bond acceptors (Lipinski definition) is 4. The van der Waals surface area contributed by atoms with Crippen LogP contribution in [-0.2, 0) is 10.0 Å². The first-order chi connectivity index (χ1) is 7.44. The molecule has 1 aromatic heterocycles. The zero-order chi connectivity index (χ0) is 12.2. The topological polar surface area (TPSA) is 62.3 Å². The molecule has 0 bridgehead atoms. The van der Waals surface area contributed by atoms with Crippen molar-refractivity contribution in [3.05, 3.63) is 18.3 Å². The zero-order valence-corrected chi connectivity index (χ0v) is 10.6. The SMILES string of the molecule is CCCS(=O)(=O)Nc1ccc(N(C)C)nc1. The summed E-state index contributed by atoms with van der Waals surface area (Å²) in [4.78, 5) is 5.97. The summed E-state index contributed by atoms with van der Waals surface area (Å²) < 4.78 is 25.4. The summed E-state index contributed by atoms with van der Waals surface area (Å²) in [6.07, 6.45) is 2.11. The second kappa shape index (κ2) is 5.16. The van der Waals surface area contributed by atoms with Crippen LogP contribution in [0.2, 0.25) is 0 Å². The highest BCUT2D eigenvalue weighted by atomic mass is 32.2. The van der Waals surface area contributed by atoms with Crippen LogP contribution in [0, 0.1) is 0 Å². The first-order valence-corrected chi connectivity index (χ1v) is 6.73. The Bertz CT molecular complexity index is 426. The smallest absolute Gasteiger partial charge is 0.232 e. The molecule has 0 aliphatic carbocycles. The lowest BCUT2D eigenvalue weighted by Crippen LogP contribution is -2.16. The molecule has 6 heteroatoms. The molecule has 0 unspecified atom stereocenters. The maximum Gasteiger partial charge on any atom is 0.232 e. The van der Waals surface area contributed by atoms with Crippen molar-refractivity contribution in [1.82, 2.24) is 4.98 Å². The molecule has 0 aliphatic heterocycles. The first kappa shape index (κ1) is 12.8. The third-order valence-corrected chi connectivity index (χ3v) is 3.44. The van der Waals surface area contributed by atoms with Gasteiger partial charge >= 0.3 is 0 Å². The largest absolute Gasteiger partial charge is 0.363 e. The van der Waals surface area contributed by atoms with Gasteiger partial charge in [-0.15, -0.1) is 0 Å². The third-order valence-electron chi connectivity index (χ3n) is 1.95. The molecule has 0 aromatic carbocycles. The van der Waals surface area contributed by atoms with Crippen LogP contribution in [-0.4, -0.2) is 33.2 Å². The average Bonchev–Trinajstić information content (AvgIpc) is 2.17. The van der Waals surface area contributed by atoms with Crippen molar-refractivity contribution >= 4 is 21.5 Å². The summed E-state index contributed by atoms with van der Waals surface area (Å²) in [6.45, 7) is 1.83. The van der Waals surface area contributed by atoms with Gasteiger partial charge in [0.1, 0.15) is 5.82 Å². The number of pyridine rings is 1. The van der Waals surface area contributed by atoms with E-state index in [0.29, 0.717) is 12.1 Å². The van der Waals surface area contributed by atoms with Gasteiger partial charge in [-0.3, -0.25) is 4.72 Å². The Morgan fingerprint density at radius 1 is 1.38 bits per heavy atom. The number of rotatable bonds is 5. The van der Waals surface area contributed by atoms with Gasteiger partial charge in [-0.1, -0.05) is 6.92 Å². The van der Waals surface area contributed by atoms with Crippen molar-refractivity contribution < 1.29 is 8.42 Å². The zero-order valence-electron chi connectivity index (χ0n) is 9.77. The average molecular weight is 243 g/mol. The summed E-state index contributed by atoms with van der Waals surface area (Å²) in [6, 6.07) is 3.47. The molecule has 0 saturated heterocycles. The van der Waals surface area contributed by atoms with Crippen LogP contribution in [0.4, 0.5) is 11.5 Å². The van der Waals surface area contributed by atoms with Crippen molar-refractivity contribution in [3.8, 4) is 0 Å². The summed E-state index contributed by atoms with van der Waals surface area (Å²) in [7, 11) is 0.535. The van der Waals surface area contributed by atoms with Gasteiger partial charge in [0.05, 0.1) is 17.6 Å². The van der Waals surface area contributed by atoms with Crippen LogP contribution >= 0.6 is 0 Å². The van der Waals surface area contributed by atoms with Crippen molar-refractivity contribution in [1.29, 1.82) is 0 Å². The molecule has 0 radical (unpaired) electrons. The Balaban J connectivity index is 2.76. The fourth-order valence-electron chi connectivity index (χ4n) is 1.21. The van der Waals surface area contributed by atoms with Crippen LogP contribution < -0.4 is 9.62 Å². The van der Waals surface area contributed by atoms with Gasteiger partial charge in [0, 0.05) is 14.1 Å². The molecular formula is C10H17N3O2S. The molecule has 90 valence electrons. The van der Waals surface area contributed by atoms with Crippen molar-refractivity contribution in [2.24, 2.45) is 0 Å². The second-order valence-corrected chi connectivity index (χ2v) is 5.56. The lowest BCUT2D eigenvalue weighted by atomic mass is 10.4. The fraction of sp³-hybridized carbons (Fsp3) is 0.500. The Hall–Kier alpha value is -1.30. The van der Waals surface area contributed by atoms with Crippen LogP contribution in [0.15, 0.2) is 18.3 Å². The fourth-order valence-corrected chi connectivity index (χ4v) is 2.33. The monoisotopic (exact) mass is 243 g/mol. The minimum absolute atomic E-state index is 0.127. The van der Waals surface area contributed by atoms with E-state index in [9.17, 15) is 8.42 Å². The van der Waals surface area contributed by atoms with Crippen LogP contribution in [0.1, 0.15) is 13.3 Å². The highest BCUT2D eigenvalue weighted by Crippen LogP contribution is 2.13. The van der Waals surface area contributed by atoms with Gasteiger partial charge in [0.25, 0.3) is 0 Å². The minimum Gasteiger partial charge on any atom is -0.363 e. The Morgan fingerprint density at radius 2 is 2.06 bits per heavy atom. The van der Waals surface area contributed by atoms with Crippen molar-refractivity contribution in [3.63, 3.8) is 0 Å². The van der Waals surface area contributed by atoms with Crippen LogP contribution in [0.5, 0.6) is 0 Å². The van der Waals surface area contributed by atoms with Crippen molar-refractivity contribution in [2.75, 3.05) is 29.5 Å². The Kier molecular flexibility index (Phi) is 4.12. The van der Waals surface area contributed by atoms with Gasteiger partial charge < -0.3 is 4.90 Å². The summed E-state index contributed by atoms with van der Waals surface area (Å²) in [5.74, 6) is 0.918. The van der Waals surface area contributed by atoms with E-state index in [2.05, 4.69) is 9.71 Å². The van der Waals surface area contributed by atoms with E-state index >= 15 is 0 Å². The molecule has 0 amide bonds. The molecule has 16 heavy (non-hydrogen) atoms. The molecule has 0 aliphatic rings. The lowest BCUT2D eigenvalue weighted by molar-refractivity contribution is 0.600. The number of sulfonamides is 1. The molecule has 1 heterocycles. The predicted octanol–water partition coefficient (Wildman–Crippen LogP) is 1.30. The molecule has 1 aromatic rings. The Morgan fingerprint density at radius 3 is 2.50 bits per heavy atom. The van der Waals surface area contributed by atoms with E-state index in [0.717, 1.165) is 5.82 Å². The number of anilines is 2. The van der Waals surface area contributed by atoms with Crippen LogP contribution in [0.3, 0.4) is 0 Å². The second-order valence-electron chi connectivity index (χ2n) is 3.72. The molecule has 5 nitrogen and oxygen atoms in total. The van der Waals surface area contributed by atoms with E-state index in [1.54, 1.807) is 12.1 Å². The van der Waals surface area contributed by atoms with Gasteiger partial charge in [-0.25, -0.2) is 13.4 Å². The molecule has 0 saturated carbocycles. The highest BCUT2D eigenvalue weighted by Gasteiger charge is 2.08. The van der Waals surface area contributed by atoms with Gasteiger partial charge in [-0.2, -0.15) is 0 Å². The summed E-state index contributed by atoms with van der Waals surface area (Å²) >= 11 is 0. The summed E-state index contributed by atoms with van der Waals surface area (Å²) in [5, 5.41) is 0. The molecule has 0 fully saturated rings. The van der Waals surface area contributed by atoms with E-state index in [1.165, 1.54) is 6.20 Å².